The fraction of sp³-hybridized carbons (Fsp3) is 0.238. The Morgan fingerprint density at radius 3 is 2.66 bits per heavy atom. The summed E-state index contributed by atoms with van der Waals surface area (Å²) in [6.07, 6.45) is 7.17. The Morgan fingerprint density at radius 2 is 2.03 bits per heavy atom. The van der Waals surface area contributed by atoms with E-state index in [4.69, 9.17) is 18.0 Å². The number of hydrogen-bond acceptors (Lipinski definition) is 4. The molecule has 0 fully saturated rings. The van der Waals surface area contributed by atoms with Gasteiger partial charge in [0, 0.05) is 38.5 Å². The molecule has 3 aromatic rings. The van der Waals surface area contributed by atoms with Gasteiger partial charge in [0.15, 0.2) is 0 Å². The molecule has 0 amide bonds. The van der Waals surface area contributed by atoms with Gasteiger partial charge in [0.2, 0.25) is 10.0 Å². The van der Waals surface area contributed by atoms with Gasteiger partial charge in [-0.3, -0.25) is 0 Å². The molecule has 1 unspecified atom stereocenters. The van der Waals surface area contributed by atoms with E-state index in [2.05, 4.69) is 31.6 Å². The monoisotopic (exact) mass is 559 g/mol. The highest BCUT2D eigenvalue weighted by Crippen LogP contribution is 2.30. The highest BCUT2D eigenvalue weighted by Gasteiger charge is 2.22. The summed E-state index contributed by atoms with van der Waals surface area (Å²) in [5.41, 5.74) is 1.63. The van der Waals surface area contributed by atoms with Crippen LogP contribution in [0.3, 0.4) is 0 Å². The van der Waals surface area contributed by atoms with Crippen molar-refractivity contribution in [3.8, 4) is 12.3 Å². The molecule has 0 bridgehead atoms. The van der Waals surface area contributed by atoms with Crippen molar-refractivity contribution in [2.45, 2.75) is 17.9 Å². The quantitative estimate of drug-likeness (QED) is 0.306. The number of halogens is 3. The van der Waals surface area contributed by atoms with E-state index in [0.29, 0.717) is 31.7 Å². The summed E-state index contributed by atoms with van der Waals surface area (Å²) in [6.45, 7) is 0.412. The zero-order valence-electron chi connectivity index (χ0n) is 17.0. The first-order chi connectivity index (χ1) is 15.1. The van der Waals surface area contributed by atoms with Crippen LogP contribution in [0.15, 0.2) is 45.8 Å². The average molecular weight is 561 g/mol. The van der Waals surface area contributed by atoms with Crippen LogP contribution in [0, 0.1) is 18.2 Å². The second-order valence-electron chi connectivity index (χ2n) is 6.92. The molecule has 1 atom stereocenters. The first kappa shape index (κ1) is 25.1. The molecule has 0 aliphatic heterocycles. The van der Waals surface area contributed by atoms with E-state index in [-0.39, 0.29) is 31.0 Å². The minimum atomic E-state index is -3.75. The van der Waals surface area contributed by atoms with E-state index in [1.54, 1.807) is 10.4 Å². The normalized spacial score (nSPS) is 12.9. The van der Waals surface area contributed by atoms with E-state index < -0.39 is 27.2 Å². The third kappa shape index (κ3) is 5.85. The number of nitrogens with one attached hydrogen (secondary N) is 2. The maximum atomic E-state index is 14.6. The summed E-state index contributed by atoms with van der Waals surface area (Å²) in [7, 11) is -3.75. The van der Waals surface area contributed by atoms with Crippen molar-refractivity contribution in [1.29, 1.82) is 0 Å². The van der Waals surface area contributed by atoms with Crippen LogP contribution in [-0.4, -0.2) is 41.6 Å². The zero-order chi connectivity index (χ0) is 23.5. The molecule has 0 spiro atoms. The Hall–Kier alpha value is -1.58. The molecule has 6 nitrogen and oxygen atoms in total. The molecule has 0 saturated heterocycles. The summed E-state index contributed by atoms with van der Waals surface area (Å²) in [6, 6.07) is 8.94. The SMILES string of the molecule is C#CCN(Cc1[nH]c2c(F)cc(Br)cc2c1CCNS(=O)(=O)c1ccc(Cl)cc1)[S+](C)[O-]. The lowest BCUT2D eigenvalue weighted by molar-refractivity contribution is 0.442. The molecule has 1 heterocycles. The van der Waals surface area contributed by atoms with Crippen LogP contribution >= 0.6 is 27.5 Å². The molecule has 1 aromatic heterocycles. The van der Waals surface area contributed by atoms with Gasteiger partial charge in [-0.2, -0.15) is 0 Å². The Bertz CT molecular complexity index is 1260. The number of terminal acetylenes is 1. The molecule has 0 saturated carbocycles. The molecule has 2 aromatic carbocycles. The molecular formula is C21H20BrClFN3O3S2. The highest BCUT2D eigenvalue weighted by molar-refractivity contribution is 9.10. The summed E-state index contributed by atoms with van der Waals surface area (Å²) < 4.78 is 56.4. The summed E-state index contributed by atoms with van der Waals surface area (Å²) in [5.74, 6) is 2.01. The predicted molar refractivity (Wildman–Crippen MR) is 130 cm³/mol. The Labute approximate surface area is 203 Å². The predicted octanol–water partition coefficient (Wildman–Crippen LogP) is 3.97. The van der Waals surface area contributed by atoms with Crippen LogP contribution in [0.25, 0.3) is 10.9 Å². The molecule has 0 aliphatic carbocycles. The van der Waals surface area contributed by atoms with Crippen molar-refractivity contribution in [3.63, 3.8) is 0 Å². The van der Waals surface area contributed by atoms with Gasteiger partial charge in [-0.25, -0.2) is 17.5 Å². The molecule has 3 rings (SSSR count). The van der Waals surface area contributed by atoms with Gasteiger partial charge in [0.1, 0.15) is 18.6 Å². The van der Waals surface area contributed by atoms with E-state index >= 15 is 0 Å². The number of rotatable bonds is 9. The highest BCUT2D eigenvalue weighted by atomic mass is 79.9. The first-order valence-corrected chi connectivity index (χ1v) is 13.5. The van der Waals surface area contributed by atoms with Gasteiger partial charge in [-0.1, -0.05) is 33.5 Å². The fourth-order valence-electron chi connectivity index (χ4n) is 3.27. The largest absolute Gasteiger partial charge is 0.598 e. The van der Waals surface area contributed by atoms with Crippen LogP contribution in [0.2, 0.25) is 5.02 Å². The van der Waals surface area contributed by atoms with Crippen LogP contribution in [0.4, 0.5) is 4.39 Å². The number of hydrogen-bond donors (Lipinski definition) is 2. The second-order valence-corrected chi connectivity index (χ2v) is 11.4. The minimum absolute atomic E-state index is 0.0728. The van der Waals surface area contributed by atoms with Crippen LogP contribution in [0.1, 0.15) is 11.3 Å². The Morgan fingerprint density at radius 1 is 1.34 bits per heavy atom. The van der Waals surface area contributed by atoms with Crippen molar-refractivity contribution in [2.75, 3.05) is 19.3 Å². The number of sulfonamides is 1. The number of aromatic nitrogens is 1. The zero-order valence-corrected chi connectivity index (χ0v) is 21.0. The van der Waals surface area contributed by atoms with Crippen LogP contribution < -0.4 is 4.72 Å². The van der Waals surface area contributed by atoms with Gasteiger partial charge in [0.05, 0.1) is 17.0 Å². The topological polar surface area (TPSA) is 88.3 Å². The number of aromatic amines is 1. The van der Waals surface area contributed by atoms with Crippen molar-refractivity contribution in [1.82, 2.24) is 14.0 Å². The molecule has 0 aliphatic rings. The van der Waals surface area contributed by atoms with Gasteiger partial charge >= 0.3 is 0 Å². The maximum absolute atomic E-state index is 14.6. The lowest BCUT2D eigenvalue weighted by Crippen LogP contribution is -2.31. The Balaban J connectivity index is 1.90. The standard InChI is InChI=1S/C21H20BrClFN3O3S2/c1-3-10-27(31(2)28)13-20-17(18-11-14(22)12-19(24)21(18)26-20)8-9-25-32(29,30)16-6-4-15(23)5-7-16/h1,4-7,11-12,25-26H,8-10,13H2,2H3. The maximum Gasteiger partial charge on any atom is 0.240 e. The first-order valence-electron chi connectivity index (χ1n) is 9.38. The summed E-state index contributed by atoms with van der Waals surface area (Å²) in [5, 5.41) is 1.05. The lowest BCUT2D eigenvalue weighted by Gasteiger charge is -2.19. The van der Waals surface area contributed by atoms with Crippen molar-refractivity contribution < 1.29 is 17.4 Å². The molecule has 32 heavy (non-hydrogen) atoms. The lowest BCUT2D eigenvalue weighted by atomic mass is 10.1. The molecule has 170 valence electrons. The second kappa shape index (κ2) is 10.6. The average Bonchev–Trinajstić information content (AvgIpc) is 3.05. The van der Waals surface area contributed by atoms with Crippen LogP contribution in [-0.2, 0) is 34.4 Å². The molecular weight excluding hydrogens is 541 g/mol. The van der Waals surface area contributed by atoms with E-state index in [9.17, 15) is 17.4 Å². The minimum Gasteiger partial charge on any atom is -0.598 e. The van der Waals surface area contributed by atoms with Gasteiger partial charge < -0.3 is 9.54 Å². The smallest absolute Gasteiger partial charge is 0.240 e. The van der Waals surface area contributed by atoms with E-state index in [0.717, 1.165) is 0 Å². The number of fused-ring (bicyclic) bond motifs is 1. The summed E-state index contributed by atoms with van der Waals surface area (Å²) in [4.78, 5) is 3.15. The summed E-state index contributed by atoms with van der Waals surface area (Å²) >= 11 is 7.78. The van der Waals surface area contributed by atoms with Gasteiger partial charge in [-0.15, -0.1) is 10.7 Å². The van der Waals surface area contributed by atoms with Crippen molar-refractivity contribution in [2.24, 2.45) is 0 Å². The van der Waals surface area contributed by atoms with Crippen molar-refractivity contribution >= 4 is 59.8 Å². The Kier molecular flexibility index (Phi) is 8.27. The van der Waals surface area contributed by atoms with Gasteiger partial charge in [0.25, 0.3) is 0 Å². The molecule has 11 heteroatoms. The van der Waals surface area contributed by atoms with E-state index in [1.165, 1.54) is 36.6 Å². The third-order valence-corrected chi connectivity index (χ3v) is 7.95. The fourth-order valence-corrected chi connectivity index (χ4v) is 5.43. The van der Waals surface area contributed by atoms with Gasteiger partial charge in [-0.05, 0) is 48.4 Å². The van der Waals surface area contributed by atoms with Crippen LogP contribution in [0.5, 0.6) is 0 Å². The number of H-pyrrole nitrogens is 1. The van der Waals surface area contributed by atoms with Crippen molar-refractivity contribution in [3.05, 3.63) is 63.0 Å². The molecule has 0 radical (unpaired) electrons. The third-order valence-electron chi connectivity index (χ3n) is 4.78. The number of benzene rings is 2. The molecule has 2 N–H and O–H groups in total. The van der Waals surface area contributed by atoms with E-state index in [1.807, 2.05) is 0 Å². The number of nitrogens with zero attached hydrogens (tertiary/aromatic N) is 1.